The summed E-state index contributed by atoms with van der Waals surface area (Å²) in [4.78, 5) is 37.9. The molecule has 1 aromatic heterocycles. The fourth-order valence-corrected chi connectivity index (χ4v) is 3.33. The van der Waals surface area contributed by atoms with Gasteiger partial charge in [-0.3, -0.25) is 9.59 Å². The first-order valence-corrected chi connectivity index (χ1v) is 9.90. The number of aromatic nitrogens is 2. The maximum Gasteiger partial charge on any atom is 0.223 e. The van der Waals surface area contributed by atoms with E-state index in [1.54, 1.807) is 12.1 Å². The summed E-state index contributed by atoms with van der Waals surface area (Å²) in [6, 6.07) is 11.1. The van der Waals surface area contributed by atoms with Crippen molar-refractivity contribution in [2.24, 2.45) is 0 Å². The number of amides is 1. The molecular formula is C22H28N4O2. The molecule has 0 bridgehead atoms. The van der Waals surface area contributed by atoms with Gasteiger partial charge in [-0.25, -0.2) is 9.97 Å². The Morgan fingerprint density at radius 1 is 1.00 bits per heavy atom. The second-order valence-electron chi connectivity index (χ2n) is 7.54. The number of anilines is 1. The van der Waals surface area contributed by atoms with Crippen LogP contribution >= 0.6 is 0 Å². The van der Waals surface area contributed by atoms with Crippen molar-refractivity contribution in [2.75, 3.05) is 31.1 Å². The number of carbonyl (C=O) groups excluding carboxylic acids is 2. The van der Waals surface area contributed by atoms with Crippen LogP contribution in [0.2, 0.25) is 0 Å². The summed E-state index contributed by atoms with van der Waals surface area (Å²) in [7, 11) is 0. The van der Waals surface area contributed by atoms with Crippen molar-refractivity contribution in [2.45, 2.75) is 39.5 Å². The van der Waals surface area contributed by atoms with Crippen LogP contribution in [0, 0.1) is 6.92 Å². The summed E-state index contributed by atoms with van der Waals surface area (Å²) in [5.74, 6) is 2.13. The lowest BCUT2D eigenvalue weighted by molar-refractivity contribution is -0.131. The second-order valence-corrected chi connectivity index (χ2v) is 7.54. The number of Topliss-reactive ketones (excluding diaryl/α,β-unsaturated/α-hetero) is 1. The van der Waals surface area contributed by atoms with Crippen LogP contribution in [0.1, 0.15) is 54.5 Å². The number of carbonyl (C=O) groups is 2. The van der Waals surface area contributed by atoms with Crippen molar-refractivity contribution < 1.29 is 9.59 Å². The van der Waals surface area contributed by atoms with E-state index in [1.807, 2.05) is 36.1 Å². The van der Waals surface area contributed by atoms with Crippen molar-refractivity contribution in [3.05, 3.63) is 53.5 Å². The van der Waals surface area contributed by atoms with Crippen LogP contribution in [0.4, 0.5) is 5.82 Å². The van der Waals surface area contributed by atoms with Gasteiger partial charge in [-0.05, 0) is 6.92 Å². The molecule has 3 rings (SSSR count). The lowest BCUT2D eigenvalue weighted by atomic mass is 10.1. The molecule has 0 spiro atoms. The summed E-state index contributed by atoms with van der Waals surface area (Å²) in [6.07, 6.45) is 0.518. The highest BCUT2D eigenvalue weighted by molar-refractivity contribution is 5.97. The zero-order valence-corrected chi connectivity index (χ0v) is 16.9. The molecule has 2 aromatic rings. The Bertz CT molecular complexity index is 828. The average Bonchev–Trinajstić information content (AvgIpc) is 2.72. The molecule has 148 valence electrons. The Balaban J connectivity index is 1.52. The normalized spacial score (nSPS) is 14.4. The van der Waals surface area contributed by atoms with Crippen LogP contribution in [-0.2, 0) is 4.79 Å². The Morgan fingerprint density at radius 3 is 2.32 bits per heavy atom. The number of ketones is 1. The molecule has 0 atom stereocenters. The Hall–Kier alpha value is -2.76. The molecule has 0 unspecified atom stereocenters. The molecule has 0 N–H and O–H groups in total. The maximum atomic E-state index is 12.5. The molecule has 0 aliphatic carbocycles. The average molecular weight is 380 g/mol. The number of hydrogen-bond acceptors (Lipinski definition) is 5. The SMILES string of the molecule is Cc1cc(N2CCN(C(=O)CCC(=O)c3ccccc3)CC2)nc(C(C)C)n1. The van der Waals surface area contributed by atoms with Gasteiger partial charge in [0.2, 0.25) is 5.91 Å². The molecule has 0 radical (unpaired) electrons. The van der Waals surface area contributed by atoms with E-state index < -0.39 is 0 Å². The van der Waals surface area contributed by atoms with Crippen molar-refractivity contribution in [1.29, 1.82) is 0 Å². The van der Waals surface area contributed by atoms with E-state index in [4.69, 9.17) is 0 Å². The van der Waals surface area contributed by atoms with E-state index in [1.165, 1.54) is 0 Å². The monoisotopic (exact) mass is 380 g/mol. The predicted molar refractivity (Wildman–Crippen MR) is 110 cm³/mol. The van der Waals surface area contributed by atoms with Crippen LogP contribution in [-0.4, -0.2) is 52.7 Å². The highest BCUT2D eigenvalue weighted by atomic mass is 16.2. The van der Waals surface area contributed by atoms with Gasteiger partial charge in [0, 0.05) is 62.3 Å². The standard InChI is InChI=1S/C22H28N4O2/c1-16(2)22-23-17(3)15-20(24-22)25-11-13-26(14-12-25)21(28)10-9-19(27)18-7-5-4-6-8-18/h4-8,15-16H,9-14H2,1-3H3. The number of aryl methyl sites for hydroxylation is 1. The summed E-state index contributed by atoms with van der Waals surface area (Å²) in [5.41, 5.74) is 1.63. The minimum Gasteiger partial charge on any atom is -0.353 e. The van der Waals surface area contributed by atoms with Gasteiger partial charge < -0.3 is 9.80 Å². The highest BCUT2D eigenvalue weighted by Gasteiger charge is 2.23. The van der Waals surface area contributed by atoms with E-state index in [0.717, 1.165) is 30.4 Å². The summed E-state index contributed by atoms with van der Waals surface area (Å²) in [5, 5.41) is 0. The van der Waals surface area contributed by atoms with Gasteiger partial charge in [-0.15, -0.1) is 0 Å². The van der Waals surface area contributed by atoms with Gasteiger partial charge in [0.25, 0.3) is 0 Å². The minimum absolute atomic E-state index is 0.0188. The van der Waals surface area contributed by atoms with Gasteiger partial charge in [0.05, 0.1) is 0 Å². The van der Waals surface area contributed by atoms with Gasteiger partial charge in [0.15, 0.2) is 5.78 Å². The Kier molecular flexibility index (Phi) is 6.39. The molecular weight excluding hydrogens is 352 g/mol. The first-order chi connectivity index (χ1) is 13.4. The largest absolute Gasteiger partial charge is 0.353 e. The zero-order chi connectivity index (χ0) is 20.1. The molecule has 6 nitrogen and oxygen atoms in total. The lowest BCUT2D eigenvalue weighted by Crippen LogP contribution is -2.49. The lowest BCUT2D eigenvalue weighted by Gasteiger charge is -2.35. The Morgan fingerprint density at radius 2 is 1.68 bits per heavy atom. The summed E-state index contributed by atoms with van der Waals surface area (Å²) < 4.78 is 0. The number of benzene rings is 1. The first-order valence-electron chi connectivity index (χ1n) is 9.90. The fraction of sp³-hybridized carbons (Fsp3) is 0.455. The number of hydrogen-bond donors (Lipinski definition) is 0. The van der Waals surface area contributed by atoms with Gasteiger partial charge in [-0.1, -0.05) is 44.2 Å². The third kappa shape index (κ3) is 4.94. The highest BCUT2D eigenvalue weighted by Crippen LogP contribution is 2.19. The van der Waals surface area contributed by atoms with Crippen molar-refractivity contribution in [3.63, 3.8) is 0 Å². The van der Waals surface area contributed by atoms with Crippen molar-refractivity contribution >= 4 is 17.5 Å². The smallest absolute Gasteiger partial charge is 0.223 e. The minimum atomic E-state index is 0.0188. The quantitative estimate of drug-likeness (QED) is 0.720. The third-order valence-corrected chi connectivity index (χ3v) is 4.99. The van der Waals surface area contributed by atoms with E-state index in [9.17, 15) is 9.59 Å². The number of rotatable bonds is 6. The van der Waals surface area contributed by atoms with Crippen LogP contribution in [0.15, 0.2) is 36.4 Å². The van der Waals surface area contributed by atoms with Crippen LogP contribution in [0.25, 0.3) is 0 Å². The molecule has 28 heavy (non-hydrogen) atoms. The molecule has 1 saturated heterocycles. The van der Waals surface area contributed by atoms with E-state index >= 15 is 0 Å². The number of nitrogens with zero attached hydrogens (tertiary/aromatic N) is 4. The third-order valence-electron chi connectivity index (χ3n) is 4.99. The molecule has 1 aromatic carbocycles. The molecule has 2 heterocycles. The maximum absolute atomic E-state index is 12.5. The van der Waals surface area contributed by atoms with E-state index in [2.05, 4.69) is 28.7 Å². The van der Waals surface area contributed by atoms with Gasteiger partial charge in [0.1, 0.15) is 11.6 Å². The van der Waals surface area contributed by atoms with Crippen molar-refractivity contribution in [1.82, 2.24) is 14.9 Å². The summed E-state index contributed by atoms with van der Waals surface area (Å²) >= 11 is 0. The van der Waals surface area contributed by atoms with Crippen molar-refractivity contribution in [3.8, 4) is 0 Å². The molecule has 1 aliphatic heterocycles. The molecule has 0 saturated carbocycles. The van der Waals surface area contributed by atoms with Crippen LogP contribution < -0.4 is 4.90 Å². The zero-order valence-electron chi connectivity index (χ0n) is 16.9. The molecule has 6 heteroatoms. The summed E-state index contributed by atoms with van der Waals surface area (Å²) in [6.45, 7) is 8.95. The van der Waals surface area contributed by atoms with Gasteiger partial charge >= 0.3 is 0 Å². The molecule has 1 amide bonds. The number of piperazine rings is 1. The van der Waals surface area contributed by atoms with Crippen LogP contribution in [0.5, 0.6) is 0 Å². The second kappa shape index (κ2) is 8.95. The van der Waals surface area contributed by atoms with E-state index in [-0.39, 0.29) is 30.4 Å². The first kappa shape index (κ1) is 20.0. The van der Waals surface area contributed by atoms with Gasteiger partial charge in [-0.2, -0.15) is 0 Å². The molecule has 1 fully saturated rings. The predicted octanol–water partition coefficient (Wildman–Crippen LogP) is 3.22. The topological polar surface area (TPSA) is 66.4 Å². The Labute approximate surface area is 166 Å². The fourth-order valence-electron chi connectivity index (χ4n) is 3.33. The molecule has 1 aliphatic rings. The van der Waals surface area contributed by atoms with Crippen LogP contribution in [0.3, 0.4) is 0 Å². The van der Waals surface area contributed by atoms with E-state index in [0.29, 0.717) is 18.7 Å².